The molecule has 0 aromatic carbocycles. The van der Waals surface area contributed by atoms with Gasteiger partial charge in [-0.05, 0) is 19.3 Å². The van der Waals surface area contributed by atoms with Crippen molar-refractivity contribution in [3.05, 3.63) is 11.9 Å². The lowest BCUT2D eigenvalue weighted by Crippen LogP contribution is -2.42. The van der Waals surface area contributed by atoms with Gasteiger partial charge in [0.05, 0.1) is 11.4 Å². The number of likely N-dealkylation sites (tertiary alicyclic amines) is 1. The monoisotopic (exact) mass is 266 g/mol. The Morgan fingerprint density at radius 3 is 2.95 bits per heavy atom. The molecule has 0 aliphatic carbocycles. The molecule has 1 saturated heterocycles. The summed E-state index contributed by atoms with van der Waals surface area (Å²) < 4.78 is 1.63. The Bertz CT molecular complexity index is 497. The van der Waals surface area contributed by atoms with Crippen LogP contribution in [0.1, 0.15) is 25.5 Å². The summed E-state index contributed by atoms with van der Waals surface area (Å²) in [7, 11) is 1.78. The van der Waals surface area contributed by atoms with E-state index in [0.717, 1.165) is 12.1 Å². The summed E-state index contributed by atoms with van der Waals surface area (Å²) in [5.41, 5.74) is 1.44. The first-order valence-corrected chi connectivity index (χ1v) is 6.36. The summed E-state index contributed by atoms with van der Waals surface area (Å²) in [5, 5.41) is 16.0. The molecule has 19 heavy (non-hydrogen) atoms. The van der Waals surface area contributed by atoms with Crippen LogP contribution in [0, 0.1) is 0 Å². The van der Waals surface area contributed by atoms with Crippen molar-refractivity contribution in [3.63, 3.8) is 0 Å². The van der Waals surface area contributed by atoms with Gasteiger partial charge in [0, 0.05) is 19.8 Å². The van der Waals surface area contributed by atoms with Crippen molar-refractivity contribution in [1.29, 1.82) is 0 Å². The van der Waals surface area contributed by atoms with E-state index in [1.807, 2.05) is 6.92 Å². The van der Waals surface area contributed by atoms with Gasteiger partial charge in [-0.2, -0.15) is 5.10 Å². The smallest absolute Gasteiger partial charge is 0.326 e. The number of nitrogens with zero attached hydrogens (tertiary/aromatic N) is 3. The summed E-state index contributed by atoms with van der Waals surface area (Å²) in [6, 6.07) is -1.09. The Labute approximate surface area is 111 Å². The molecule has 1 aromatic heterocycles. The van der Waals surface area contributed by atoms with Crippen molar-refractivity contribution in [3.8, 4) is 0 Å². The fraction of sp³-hybridized carbons (Fsp3) is 0.583. The van der Waals surface area contributed by atoms with E-state index >= 15 is 0 Å². The number of hydrogen-bond donors (Lipinski definition) is 2. The van der Waals surface area contributed by atoms with Crippen molar-refractivity contribution < 1.29 is 14.7 Å². The van der Waals surface area contributed by atoms with Gasteiger partial charge in [0.15, 0.2) is 0 Å². The van der Waals surface area contributed by atoms with Gasteiger partial charge in [0.25, 0.3) is 0 Å². The molecule has 2 amide bonds. The zero-order chi connectivity index (χ0) is 14.0. The average molecular weight is 266 g/mol. The number of anilines is 1. The third kappa shape index (κ3) is 2.69. The number of aryl methyl sites for hydroxylation is 2. The van der Waals surface area contributed by atoms with Crippen LogP contribution in [-0.2, 0) is 18.3 Å². The Kier molecular flexibility index (Phi) is 3.73. The van der Waals surface area contributed by atoms with Crippen molar-refractivity contribution in [2.75, 3.05) is 11.9 Å². The molecule has 2 rings (SSSR count). The quantitative estimate of drug-likeness (QED) is 0.856. The number of aliphatic carboxylic acids is 1. The Balaban J connectivity index is 2.10. The highest BCUT2D eigenvalue weighted by Gasteiger charge is 2.34. The van der Waals surface area contributed by atoms with Crippen molar-refractivity contribution >= 4 is 17.7 Å². The SMILES string of the molecule is CCc1nn(C)cc1NC(=O)N1CCC[C@@H]1C(=O)O. The van der Waals surface area contributed by atoms with E-state index in [4.69, 9.17) is 5.11 Å². The van der Waals surface area contributed by atoms with Gasteiger partial charge in [0.2, 0.25) is 0 Å². The molecule has 0 unspecified atom stereocenters. The molecular weight excluding hydrogens is 248 g/mol. The highest BCUT2D eigenvalue weighted by molar-refractivity contribution is 5.93. The van der Waals surface area contributed by atoms with Gasteiger partial charge in [-0.25, -0.2) is 9.59 Å². The number of hydrogen-bond acceptors (Lipinski definition) is 3. The van der Waals surface area contributed by atoms with E-state index in [-0.39, 0.29) is 6.03 Å². The number of carbonyl (C=O) groups is 2. The zero-order valence-corrected chi connectivity index (χ0v) is 11.1. The number of nitrogens with one attached hydrogen (secondary N) is 1. The minimum Gasteiger partial charge on any atom is -0.480 e. The van der Waals surface area contributed by atoms with Gasteiger partial charge in [-0.15, -0.1) is 0 Å². The molecule has 1 aliphatic heterocycles. The van der Waals surface area contributed by atoms with Gasteiger partial charge >= 0.3 is 12.0 Å². The fourth-order valence-corrected chi connectivity index (χ4v) is 2.35. The molecule has 0 radical (unpaired) electrons. The standard InChI is InChI=1S/C12H18N4O3/c1-3-8-9(7-15(2)14-8)13-12(19)16-6-4-5-10(16)11(17)18/h7,10H,3-6H2,1-2H3,(H,13,19)(H,17,18)/t10-/m1/s1. The minimum absolute atomic E-state index is 0.368. The number of rotatable bonds is 3. The topological polar surface area (TPSA) is 87.5 Å². The van der Waals surface area contributed by atoms with Crippen LogP contribution in [0.25, 0.3) is 0 Å². The first kappa shape index (κ1) is 13.4. The third-order valence-corrected chi connectivity index (χ3v) is 3.28. The Morgan fingerprint density at radius 2 is 2.32 bits per heavy atom. The summed E-state index contributed by atoms with van der Waals surface area (Å²) in [5.74, 6) is -0.949. The van der Waals surface area contributed by atoms with Crippen LogP contribution in [0.5, 0.6) is 0 Å². The lowest BCUT2D eigenvalue weighted by molar-refractivity contribution is -0.141. The molecular formula is C12H18N4O3. The normalized spacial score (nSPS) is 18.6. The molecule has 0 bridgehead atoms. The predicted octanol–water partition coefficient (Wildman–Crippen LogP) is 1.06. The first-order chi connectivity index (χ1) is 9.02. The molecule has 1 aliphatic rings. The average Bonchev–Trinajstić information content (AvgIpc) is 2.95. The van der Waals surface area contributed by atoms with E-state index in [1.54, 1.807) is 17.9 Å². The van der Waals surface area contributed by atoms with Crippen LogP contribution < -0.4 is 5.32 Å². The summed E-state index contributed by atoms with van der Waals surface area (Å²) in [6.45, 7) is 2.43. The van der Waals surface area contributed by atoms with Gasteiger partial charge in [-0.1, -0.05) is 6.92 Å². The fourth-order valence-electron chi connectivity index (χ4n) is 2.35. The number of carboxylic acids is 1. The van der Waals surface area contributed by atoms with Crippen LogP contribution in [-0.4, -0.2) is 44.4 Å². The molecule has 2 N–H and O–H groups in total. The maximum atomic E-state index is 12.1. The van der Waals surface area contributed by atoms with Gasteiger partial charge in [0.1, 0.15) is 6.04 Å². The van der Waals surface area contributed by atoms with Gasteiger partial charge in [-0.3, -0.25) is 4.68 Å². The number of aromatic nitrogens is 2. The molecule has 7 nitrogen and oxygen atoms in total. The van der Waals surface area contributed by atoms with E-state index < -0.39 is 12.0 Å². The molecule has 1 fully saturated rings. The molecule has 0 saturated carbocycles. The lowest BCUT2D eigenvalue weighted by atomic mass is 10.2. The Morgan fingerprint density at radius 1 is 1.58 bits per heavy atom. The number of amides is 2. The second-order valence-corrected chi connectivity index (χ2v) is 4.64. The van der Waals surface area contributed by atoms with Gasteiger partial charge < -0.3 is 15.3 Å². The van der Waals surface area contributed by atoms with E-state index in [1.165, 1.54) is 4.90 Å². The predicted molar refractivity (Wildman–Crippen MR) is 69.0 cm³/mol. The number of carboxylic acid groups (broad SMARTS) is 1. The first-order valence-electron chi connectivity index (χ1n) is 6.36. The molecule has 2 heterocycles. The van der Waals surface area contributed by atoms with Crippen LogP contribution in [0.3, 0.4) is 0 Å². The van der Waals surface area contributed by atoms with Crippen LogP contribution in [0.15, 0.2) is 6.20 Å². The van der Waals surface area contributed by atoms with E-state index in [9.17, 15) is 9.59 Å². The molecule has 1 aromatic rings. The van der Waals surface area contributed by atoms with Crippen molar-refractivity contribution in [2.45, 2.75) is 32.2 Å². The second-order valence-electron chi connectivity index (χ2n) is 4.64. The van der Waals surface area contributed by atoms with Crippen LogP contribution in [0.4, 0.5) is 10.5 Å². The largest absolute Gasteiger partial charge is 0.480 e. The lowest BCUT2D eigenvalue weighted by Gasteiger charge is -2.21. The van der Waals surface area contributed by atoms with Crippen molar-refractivity contribution in [1.82, 2.24) is 14.7 Å². The maximum Gasteiger partial charge on any atom is 0.326 e. The highest BCUT2D eigenvalue weighted by atomic mass is 16.4. The molecule has 7 heteroatoms. The summed E-state index contributed by atoms with van der Waals surface area (Å²) in [6.07, 6.45) is 3.66. The number of carbonyl (C=O) groups excluding carboxylic acids is 1. The second kappa shape index (κ2) is 5.29. The van der Waals surface area contributed by atoms with Crippen LogP contribution in [0.2, 0.25) is 0 Å². The minimum atomic E-state index is -0.949. The molecule has 1 atom stereocenters. The number of urea groups is 1. The Hall–Kier alpha value is -2.05. The van der Waals surface area contributed by atoms with E-state index in [2.05, 4.69) is 10.4 Å². The molecule has 104 valence electrons. The third-order valence-electron chi connectivity index (χ3n) is 3.28. The van der Waals surface area contributed by atoms with Crippen molar-refractivity contribution in [2.24, 2.45) is 7.05 Å². The summed E-state index contributed by atoms with van der Waals surface area (Å²) in [4.78, 5) is 24.5. The zero-order valence-electron chi connectivity index (χ0n) is 11.1. The summed E-state index contributed by atoms with van der Waals surface area (Å²) >= 11 is 0. The highest BCUT2D eigenvalue weighted by Crippen LogP contribution is 2.20. The van der Waals surface area contributed by atoms with E-state index in [0.29, 0.717) is 25.1 Å². The maximum absolute atomic E-state index is 12.1. The van der Waals surface area contributed by atoms with Crippen LogP contribution >= 0.6 is 0 Å². The molecule has 0 spiro atoms.